The van der Waals surface area contributed by atoms with E-state index < -0.39 is 0 Å². The Morgan fingerprint density at radius 2 is 1.88 bits per heavy atom. The number of hydrogen-bond acceptors (Lipinski definition) is 2. The van der Waals surface area contributed by atoms with Crippen LogP contribution in [0.5, 0.6) is 0 Å². The molecule has 1 unspecified atom stereocenters. The lowest BCUT2D eigenvalue weighted by molar-refractivity contribution is 0.0323. The van der Waals surface area contributed by atoms with Gasteiger partial charge in [-0.3, -0.25) is 0 Å². The van der Waals surface area contributed by atoms with E-state index >= 15 is 0 Å². The molecule has 0 spiro atoms. The molecule has 1 fully saturated rings. The van der Waals surface area contributed by atoms with Crippen LogP contribution in [0.2, 0.25) is 0 Å². The Labute approximate surface area is 101 Å². The Morgan fingerprint density at radius 1 is 1.19 bits per heavy atom. The monoisotopic (exact) mass is 227 g/mol. The minimum Gasteiger partial charge on any atom is -0.363 e. The molecule has 0 aromatic carbocycles. The van der Waals surface area contributed by atoms with Gasteiger partial charge in [-0.25, -0.2) is 0 Å². The molecular formula is C14H29NO. The van der Waals surface area contributed by atoms with Gasteiger partial charge < -0.3 is 10.5 Å². The molecule has 2 N–H and O–H groups in total. The first-order valence-electron chi connectivity index (χ1n) is 7.05. The molecule has 0 aromatic heterocycles. The van der Waals surface area contributed by atoms with Crippen LogP contribution < -0.4 is 5.73 Å². The van der Waals surface area contributed by atoms with Crippen LogP contribution in [0.3, 0.4) is 0 Å². The Bertz CT molecular complexity index is 164. The number of rotatable bonds is 7. The molecule has 0 heterocycles. The largest absolute Gasteiger partial charge is 0.363 e. The fraction of sp³-hybridized carbons (Fsp3) is 1.00. The topological polar surface area (TPSA) is 35.2 Å². The van der Waals surface area contributed by atoms with Crippen LogP contribution in [0.4, 0.5) is 0 Å². The van der Waals surface area contributed by atoms with Crippen molar-refractivity contribution in [1.29, 1.82) is 0 Å². The van der Waals surface area contributed by atoms with Crippen LogP contribution in [0, 0.1) is 11.8 Å². The SMILES string of the molecule is CC(C)COC(N)CCCC1CCCCC1. The van der Waals surface area contributed by atoms with Crippen molar-refractivity contribution in [1.82, 2.24) is 0 Å². The van der Waals surface area contributed by atoms with Gasteiger partial charge in [-0.1, -0.05) is 52.4 Å². The summed E-state index contributed by atoms with van der Waals surface area (Å²) in [6.45, 7) is 5.12. The van der Waals surface area contributed by atoms with Crippen molar-refractivity contribution in [3.8, 4) is 0 Å². The molecule has 96 valence electrons. The van der Waals surface area contributed by atoms with Crippen molar-refractivity contribution >= 4 is 0 Å². The molecule has 1 aliphatic rings. The summed E-state index contributed by atoms with van der Waals surface area (Å²) in [4.78, 5) is 0. The molecule has 0 amide bonds. The van der Waals surface area contributed by atoms with Gasteiger partial charge in [0.25, 0.3) is 0 Å². The number of hydrogen-bond donors (Lipinski definition) is 1. The van der Waals surface area contributed by atoms with Gasteiger partial charge in [-0.05, 0) is 24.7 Å². The predicted octanol–water partition coefficient (Wildman–Crippen LogP) is 3.69. The summed E-state index contributed by atoms with van der Waals surface area (Å²) in [6, 6.07) is 0. The molecule has 0 bridgehead atoms. The molecule has 1 atom stereocenters. The third kappa shape index (κ3) is 6.49. The van der Waals surface area contributed by atoms with Gasteiger partial charge in [0, 0.05) is 0 Å². The van der Waals surface area contributed by atoms with Crippen LogP contribution >= 0.6 is 0 Å². The zero-order chi connectivity index (χ0) is 11.8. The molecule has 16 heavy (non-hydrogen) atoms. The van der Waals surface area contributed by atoms with Crippen molar-refractivity contribution < 1.29 is 4.74 Å². The average molecular weight is 227 g/mol. The smallest absolute Gasteiger partial charge is 0.105 e. The molecule has 1 saturated carbocycles. The second-order valence-corrected chi connectivity index (χ2v) is 5.70. The van der Waals surface area contributed by atoms with Gasteiger partial charge >= 0.3 is 0 Å². The van der Waals surface area contributed by atoms with Crippen molar-refractivity contribution in [2.75, 3.05) is 6.61 Å². The van der Waals surface area contributed by atoms with Crippen molar-refractivity contribution in [2.24, 2.45) is 17.6 Å². The maximum atomic E-state index is 5.92. The molecule has 2 heteroatoms. The second kappa shape index (κ2) is 8.08. The van der Waals surface area contributed by atoms with Crippen LogP contribution in [0.1, 0.15) is 65.2 Å². The summed E-state index contributed by atoms with van der Waals surface area (Å²) in [5.41, 5.74) is 5.92. The highest BCUT2D eigenvalue weighted by Gasteiger charge is 2.13. The average Bonchev–Trinajstić information content (AvgIpc) is 2.28. The van der Waals surface area contributed by atoms with E-state index in [1.54, 1.807) is 0 Å². The molecule has 1 rings (SSSR count). The maximum Gasteiger partial charge on any atom is 0.105 e. The summed E-state index contributed by atoms with van der Waals surface area (Å²) in [7, 11) is 0. The minimum absolute atomic E-state index is 0.0361. The highest BCUT2D eigenvalue weighted by Crippen LogP contribution is 2.27. The Morgan fingerprint density at radius 3 is 2.50 bits per heavy atom. The van der Waals surface area contributed by atoms with Gasteiger partial charge in [-0.2, -0.15) is 0 Å². The molecule has 0 aliphatic heterocycles. The third-order valence-electron chi connectivity index (χ3n) is 3.47. The fourth-order valence-corrected chi connectivity index (χ4v) is 2.48. The lowest BCUT2D eigenvalue weighted by Gasteiger charge is -2.22. The predicted molar refractivity (Wildman–Crippen MR) is 69.2 cm³/mol. The zero-order valence-corrected chi connectivity index (χ0v) is 11.1. The molecular weight excluding hydrogens is 198 g/mol. The highest BCUT2D eigenvalue weighted by atomic mass is 16.5. The Kier molecular flexibility index (Phi) is 7.06. The van der Waals surface area contributed by atoms with Gasteiger partial charge in [-0.15, -0.1) is 0 Å². The van der Waals surface area contributed by atoms with Gasteiger partial charge in [0.2, 0.25) is 0 Å². The first-order chi connectivity index (χ1) is 7.68. The third-order valence-corrected chi connectivity index (χ3v) is 3.47. The van der Waals surface area contributed by atoms with Gasteiger partial charge in [0.15, 0.2) is 0 Å². The van der Waals surface area contributed by atoms with Crippen LogP contribution in [0.15, 0.2) is 0 Å². The summed E-state index contributed by atoms with van der Waals surface area (Å²) in [5.74, 6) is 1.57. The van der Waals surface area contributed by atoms with Crippen molar-refractivity contribution in [3.63, 3.8) is 0 Å². The van der Waals surface area contributed by atoms with E-state index in [9.17, 15) is 0 Å². The van der Waals surface area contributed by atoms with Gasteiger partial charge in [0.05, 0.1) is 6.61 Å². The molecule has 1 aliphatic carbocycles. The lowest BCUT2D eigenvalue weighted by atomic mass is 9.86. The van der Waals surface area contributed by atoms with E-state index in [4.69, 9.17) is 10.5 Å². The first kappa shape index (κ1) is 14.0. The molecule has 2 nitrogen and oxygen atoms in total. The Balaban J connectivity index is 1.96. The molecule has 0 radical (unpaired) electrons. The van der Waals surface area contributed by atoms with Crippen LogP contribution in [-0.4, -0.2) is 12.8 Å². The van der Waals surface area contributed by atoms with E-state index in [-0.39, 0.29) is 6.23 Å². The normalized spacial score (nSPS) is 20.2. The summed E-state index contributed by atoms with van der Waals surface area (Å²) >= 11 is 0. The second-order valence-electron chi connectivity index (χ2n) is 5.70. The van der Waals surface area contributed by atoms with E-state index in [0.29, 0.717) is 5.92 Å². The summed E-state index contributed by atoms with van der Waals surface area (Å²) in [6.07, 6.45) is 10.8. The summed E-state index contributed by atoms with van der Waals surface area (Å²) in [5, 5.41) is 0. The zero-order valence-electron chi connectivity index (χ0n) is 11.1. The van der Waals surface area contributed by atoms with E-state index in [0.717, 1.165) is 18.9 Å². The number of nitrogens with two attached hydrogens (primary N) is 1. The maximum absolute atomic E-state index is 5.92. The lowest BCUT2D eigenvalue weighted by Crippen LogP contribution is -2.25. The summed E-state index contributed by atoms with van der Waals surface area (Å²) < 4.78 is 5.57. The van der Waals surface area contributed by atoms with E-state index in [1.165, 1.54) is 44.9 Å². The Hall–Kier alpha value is -0.0800. The first-order valence-corrected chi connectivity index (χ1v) is 7.05. The standard InChI is InChI=1S/C14H29NO/c1-12(2)11-16-14(15)10-6-9-13-7-4-3-5-8-13/h12-14H,3-11,15H2,1-2H3. The van der Waals surface area contributed by atoms with Crippen LogP contribution in [-0.2, 0) is 4.74 Å². The van der Waals surface area contributed by atoms with Crippen LogP contribution in [0.25, 0.3) is 0 Å². The fourth-order valence-electron chi connectivity index (χ4n) is 2.48. The van der Waals surface area contributed by atoms with Crippen molar-refractivity contribution in [2.45, 2.75) is 71.4 Å². The minimum atomic E-state index is -0.0361. The van der Waals surface area contributed by atoms with Gasteiger partial charge in [0.1, 0.15) is 6.23 Å². The highest BCUT2D eigenvalue weighted by molar-refractivity contribution is 4.66. The van der Waals surface area contributed by atoms with Crippen molar-refractivity contribution in [3.05, 3.63) is 0 Å². The molecule has 0 saturated heterocycles. The molecule has 0 aromatic rings. The van der Waals surface area contributed by atoms with E-state index in [1.807, 2.05) is 0 Å². The quantitative estimate of drug-likeness (QED) is 0.673. The van der Waals surface area contributed by atoms with E-state index in [2.05, 4.69) is 13.8 Å². The number of ether oxygens (including phenoxy) is 1.